The van der Waals surface area contributed by atoms with Gasteiger partial charge in [0, 0.05) is 25.3 Å². The summed E-state index contributed by atoms with van der Waals surface area (Å²) in [6.45, 7) is 1.68. The Hall–Kier alpha value is -2.37. The summed E-state index contributed by atoms with van der Waals surface area (Å²) >= 11 is 0. The predicted molar refractivity (Wildman–Crippen MR) is 81.3 cm³/mol. The Bertz CT molecular complexity index is 580. The van der Waals surface area contributed by atoms with E-state index < -0.39 is 5.91 Å². The Balaban J connectivity index is 1.81. The van der Waals surface area contributed by atoms with Crippen LogP contribution in [-0.4, -0.2) is 43.4 Å². The van der Waals surface area contributed by atoms with Gasteiger partial charge >= 0.3 is 5.97 Å². The van der Waals surface area contributed by atoms with Crippen LogP contribution >= 0.6 is 0 Å². The van der Waals surface area contributed by atoms with Crippen molar-refractivity contribution in [2.75, 3.05) is 26.0 Å². The van der Waals surface area contributed by atoms with Crippen molar-refractivity contribution in [1.82, 2.24) is 4.90 Å². The van der Waals surface area contributed by atoms with Crippen molar-refractivity contribution in [2.45, 2.75) is 13.3 Å². The molecule has 0 bridgehead atoms. The first-order chi connectivity index (χ1) is 10.4. The summed E-state index contributed by atoms with van der Waals surface area (Å²) in [5.41, 5.74) is 1.09. The van der Waals surface area contributed by atoms with E-state index in [2.05, 4.69) is 5.32 Å². The van der Waals surface area contributed by atoms with Gasteiger partial charge in [-0.3, -0.25) is 14.4 Å². The lowest BCUT2D eigenvalue weighted by Crippen LogP contribution is -2.22. The molecule has 22 heavy (non-hydrogen) atoms. The third-order valence-corrected chi connectivity index (χ3v) is 3.58. The van der Waals surface area contributed by atoms with Gasteiger partial charge in [0.25, 0.3) is 11.8 Å². The fourth-order valence-corrected chi connectivity index (χ4v) is 2.05. The third kappa shape index (κ3) is 4.07. The minimum absolute atomic E-state index is 0.0517. The predicted octanol–water partition coefficient (Wildman–Crippen LogP) is 1.53. The first kappa shape index (κ1) is 16.0. The second kappa shape index (κ2) is 6.60. The molecule has 1 aliphatic carbocycles. The highest BCUT2D eigenvalue weighted by Crippen LogP contribution is 2.38. The van der Waals surface area contributed by atoms with Crippen LogP contribution in [0.15, 0.2) is 24.3 Å². The standard InChI is InChI=1S/C16H20N2O4/c1-10-8-13(10)16(21)22-9-14(19)17-12-6-4-11(5-7-12)15(20)18(2)3/h4-7,10,13H,8-9H2,1-3H3,(H,17,19)/t10-,13+/m1/s1. The van der Waals surface area contributed by atoms with E-state index >= 15 is 0 Å². The number of carbonyl (C=O) groups is 3. The van der Waals surface area contributed by atoms with Crippen LogP contribution in [0.4, 0.5) is 5.69 Å². The molecule has 1 saturated carbocycles. The largest absolute Gasteiger partial charge is 0.455 e. The number of anilines is 1. The second-order valence-electron chi connectivity index (χ2n) is 5.75. The van der Waals surface area contributed by atoms with Gasteiger partial charge in [-0.1, -0.05) is 6.92 Å². The van der Waals surface area contributed by atoms with Crippen LogP contribution in [0, 0.1) is 11.8 Å². The first-order valence-electron chi connectivity index (χ1n) is 7.16. The van der Waals surface area contributed by atoms with Crippen molar-refractivity contribution in [3.05, 3.63) is 29.8 Å². The topological polar surface area (TPSA) is 75.7 Å². The van der Waals surface area contributed by atoms with Crippen molar-refractivity contribution in [1.29, 1.82) is 0 Å². The maximum Gasteiger partial charge on any atom is 0.309 e. The van der Waals surface area contributed by atoms with E-state index in [1.165, 1.54) is 4.90 Å². The molecule has 1 aromatic carbocycles. The van der Waals surface area contributed by atoms with E-state index in [0.29, 0.717) is 17.2 Å². The molecule has 1 fully saturated rings. The number of esters is 1. The van der Waals surface area contributed by atoms with E-state index in [-0.39, 0.29) is 24.4 Å². The maximum atomic E-state index is 11.7. The van der Waals surface area contributed by atoms with E-state index in [1.807, 2.05) is 6.92 Å². The molecular formula is C16H20N2O4. The molecule has 118 valence electrons. The van der Waals surface area contributed by atoms with Crippen molar-refractivity contribution in [3.8, 4) is 0 Å². The summed E-state index contributed by atoms with van der Waals surface area (Å²) in [5.74, 6) is -0.505. The van der Waals surface area contributed by atoms with Crippen LogP contribution in [0.3, 0.4) is 0 Å². The zero-order chi connectivity index (χ0) is 16.3. The Morgan fingerprint density at radius 2 is 1.82 bits per heavy atom. The maximum absolute atomic E-state index is 11.7. The van der Waals surface area contributed by atoms with E-state index in [4.69, 9.17) is 4.74 Å². The van der Waals surface area contributed by atoms with Gasteiger partial charge in [0.05, 0.1) is 5.92 Å². The van der Waals surface area contributed by atoms with Gasteiger partial charge in [0.1, 0.15) is 0 Å². The van der Waals surface area contributed by atoms with Crippen LogP contribution < -0.4 is 5.32 Å². The van der Waals surface area contributed by atoms with Crippen LogP contribution in [0.2, 0.25) is 0 Å². The molecule has 0 aliphatic heterocycles. The van der Waals surface area contributed by atoms with Gasteiger partial charge in [0.15, 0.2) is 6.61 Å². The molecule has 0 heterocycles. The smallest absolute Gasteiger partial charge is 0.309 e. The van der Waals surface area contributed by atoms with Crippen molar-refractivity contribution < 1.29 is 19.1 Å². The normalized spacial score (nSPS) is 19.2. The summed E-state index contributed by atoms with van der Waals surface area (Å²) < 4.78 is 4.95. The van der Waals surface area contributed by atoms with Crippen LogP contribution in [0.25, 0.3) is 0 Å². The molecule has 1 aliphatic rings. The number of hydrogen-bond donors (Lipinski definition) is 1. The fraction of sp³-hybridized carbons (Fsp3) is 0.438. The lowest BCUT2D eigenvalue weighted by Gasteiger charge is -2.11. The Morgan fingerprint density at radius 3 is 2.32 bits per heavy atom. The van der Waals surface area contributed by atoms with Crippen LogP contribution in [0.5, 0.6) is 0 Å². The van der Waals surface area contributed by atoms with Crippen LogP contribution in [0.1, 0.15) is 23.7 Å². The molecule has 6 heteroatoms. The SMILES string of the molecule is C[C@@H]1C[C@@H]1C(=O)OCC(=O)Nc1ccc(C(=O)N(C)C)cc1. The van der Waals surface area contributed by atoms with Gasteiger partial charge in [-0.2, -0.15) is 0 Å². The number of nitrogens with one attached hydrogen (secondary N) is 1. The number of carbonyl (C=O) groups excluding carboxylic acids is 3. The molecule has 2 rings (SSSR count). The van der Waals surface area contributed by atoms with Crippen molar-refractivity contribution in [3.63, 3.8) is 0 Å². The summed E-state index contributed by atoms with van der Waals surface area (Å²) in [6, 6.07) is 6.55. The minimum Gasteiger partial charge on any atom is -0.455 e. The molecule has 0 aromatic heterocycles. The van der Waals surface area contributed by atoms with Crippen molar-refractivity contribution in [2.24, 2.45) is 11.8 Å². The molecular weight excluding hydrogens is 284 g/mol. The quantitative estimate of drug-likeness (QED) is 0.837. The minimum atomic E-state index is -0.395. The molecule has 1 aromatic rings. The number of rotatable bonds is 5. The average Bonchev–Trinajstić information content (AvgIpc) is 3.22. The third-order valence-electron chi connectivity index (χ3n) is 3.58. The number of nitrogens with zero attached hydrogens (tertiary/aromatic N) is 1. The number of benzene rings is 1. The molecule has 0 spiro atoms. The van der Waals surface area contributed by atoms with Gasteiger partial charge in [-0.05, 0) is 36.6 Å². The first-order valence-corrected chi connectivity index (χ1v) is 7.16. The summed E-state index contributed by atoms with van der Waals surface area (Å²) in [5, 5.41) is 2.62. The number of ether oxygens (including phenoxy) is 1. The van der Waals surface area contributed by atoms with Gasteiger partial charge in [-0.25, -0.2) is 0 Å². The Morgan fingerprint density at radius 1 is 1.23 bits per heavy atom. The molecule has 6 nitrogen and oxygen atoms in total. The Labute approximate surface area is 129 Å². The lowest BCUT2D eigenvalue weighted by molar-refractivity contribution is -0.148. The highest BCUT2D eigenvalue weighted by Gasteiger charge is 2.40. The molecule has 2 amide bonds. The van der Waals surface area contributed by atoms with Crippen molar-refractivity contribution >= 4 is 23.5 Å². The van der Waals surface area contributed by atoms with E-state index in [1.54, 1.807) is 38.4 Å². The highest BCUT2D eigenvalue weighted by atomic mass is 16.5. The van der Waals surface area contributed by atoms with Gasteiger partial charge in [0.2, 0.25) is 0 Å². The monoisotopic (exact) mass is 304 g/mol. The summed E-state index contributed by atoms with van der Waals surface area (Å²) in [6.07, 6.45) is 0.835. The highest BCUT2D eigenvalue weighted by molar-refractivity contribution is 5.96. The van der Waals surface area contributed by atoms with E-state index in [0.717, 1.165) is 6.42 Å². The number of amides is 2. The average molecular weight is 304 g/mol. The van der Waals surface area contributed by atoms with Crippen LogP contribution in [-0.2, 0) is 14.3 Å². The molecule has 0 radical (unpaired) electrons. The zero-order valence-electron chi connectivity index (χ0n) is 13.0. The zero-order valence-corrected chi connectivity index (χ0v) is 13.0. The molecule has 0 unspecified atom stereocenters. The fourth-order valence-electron chi connectivity index (χ4n) is 2.05. The molecule has 0 saturated heterocycles. The second-order valence-corrected chi connectivity index (χ2v) is 5.75. The lowest BCUT2D eigenvalue weighted by atomic mass is 10.2. The van der Waals surface area contributed by atoms with E-state index in [9.17, 15) is 14.4 Å². The van der Waals surface area contributed by atoms with Gasteiger partial charge < -0.3 is 15.0 Å². The van der Waals surface area contributed by atoms with Gasteiger partial charge in [-0.15, -0.1) is 0 Å². The molecule has 1 N–H and O–H groups in total. The number of hydrogen-bond acceptors (Lipinski definition) is 4. The molecule has 2 atom stereocenters. The Kier molecular flexibility index (Phi) is 4.80. The summed E-state index contributed by atoms with van der Waals surface area (Å²) in [7, 11) is 3.35. The summed E-state index contributed by atoms with van der Waals surface area (Å²) in [4.78, 5) is 36.4.